The van der Waals surface area contributed by atoms with E-state index in [9.17, 15) is 14.4 Å². The van der Waals surface area contributed by atoms with Crippen LogP contribution in [0.5, 0.6) is 5.75 Å². The molecule has 0 spiro atoms. The van der Waals surface area contributed by atoms with Crippen LogP contribution >= 0.6 is 0 Å². The number of hydrogen-bond acceptors (Lipinski definition) is 5. The highest BCUT2D eigenvalue weighted by atomic mass is 16.5. The molecule has 3 amide bonds. The van der Waals surface area contributed by atoms with Gasteiger partial charge in [0.25, 0.3) is 0 Å². The van der Waals surface area contributed by atoms with E-state index in [4.69, 9.17) is 4.74 Å². The topological polar surface area (TPSA) is 70.2 Å². The largest absolute Gasteiger partial charge is 0.497 e. The summed E-state index contributed by atoms with van der Waals surface area (Å²) in [5.74, 6) is 0.695. The summed E-state index contributed by atoms with van der Waals surface area (Å²) in [6.45, 7) is 2.98. The van der Waals surface area contributed by atoms with Crippen LogP contribution in [0.2, 0.25) is 0 Å². The van der Waals surface area contributed by atoms with Crippen molar-refractivity contribution in [3.8, 4) is 5.75 Å². The van der Waals surface area contributed by atoms with Gasteiger partial charge in [-0.25, -0.2) is 0 Å². The maximum absolute atomic E-state index is 12.9. The number of carbonyl (C=O) groups excluding carboxylic acids is 3. The Kier molecular flexibility index (Phi) is 5.20. The Bertz CT molecular complexity index is 889. The molecule has 3 aliphatic carbocycles. The van der Waals surface area contributed by atoms with Gasteiger partial charge in [-0.3, -0.25) is 19.3 Å². The third kappa shape index (κ3) is 3.50. The molecule has 5 aliphatic rings. The van der Waals surface area contributed by atoms with Crippen LogP contribution in [0.4, 0.5) is 5.69 Å². The van der Waals surface area contributed by atoms with E-state index in [1.165, 1.54) is 4.90 Å². The van der Waals surface area contributed by atoms with Crippen LogP contribution in [0.15, 0.2) is 36.4 Å². The van der Waals surface area contributed by atoms with Crippen LogP contribution in [-0.4, -0.2) is 67.4 Å². The minimum atomic E-state index is -0.197. The van der Waals surface area contributed by atoms with Crippen LogP contribution in [0.25, 0.3) is 0 Å². The molecular weight excluding hydrogens is 394 g/mol. The molecule has 2 saturated heterocycles. The molecule has 0 N–H and O–H groups in total. The van der Waals surface area contributed by atoms with Gasteiger partial charge in [-0.05, 0) is 36.8 Å². The number of allylic oxidation sites excluding steroid dienone is 2. The summed E-state index contributed by atoms with van der Waals surface area (Å²) in [4.78, 5) is 44.1. The van der Waals surface area contributed by atoms with Gasteiger partial charge in [0.2, 0.25) is 17.7 Å². The number of ether oxygens (including phenoxy) is 1. The monoisotopic (exact) mass is 423 g/mol. The molecule has 3 fully saturated rings. The van der Waals surface area contributed by atoms with Crippen molar-refractivity contribution in [2.45, 2.75) is 19.3 Å². The molecule has 164 valence electrons. The summed E-state index contributed by atoms with van der Waals surface area (Å²) < 4.78 is 5.30. The number of imide groups is 1. The average Bonchev–Trinajstić information content (AvgIpc) is 3.10. The van der Waals surface area contributed by atoms with Gasteiger partial charge in [0.15, 0.2) is 0 Å². The van der Waals surface area contributed by atoms with E-state index < -0.39 is 0 Å². The molecule has 31 heavy (non-hydrogen) atoms. The quantitative estimate of drug-likeness (QED) is 0.535. The lowest BCUT2D eigenvalue weighted by atomic mass is 9.63. The van der Waals surface area contributed by atoms with E-state index in [0.717, 1.165) is 37.4 Å². The van der Waals surface area contributed by atoms with E-state index in [-0.39, 0.29) is 54.4 Å². The molecule has 2 heterocycles. The molecule has 2 aliphatic heterocycles. The Hall–Kier alpha value is -2.83. The number of benzene rings is 1. The molecular formula is C24H29N3O4. The average molecular weight is 424 g/mol. The number of methoxy groups -OCH3 is 1. The number of amides is 3. The van der Waals surface area contributed by atoms with Gasteiger partial charge < -0.3 is 14.5 Å². The number of hydrogen-bond donors (Lipinski definition) is 0. The van der Waals surface area contributed by atoms with E-state index >= 15 is 0 Å². The summed E-state index contributed by atoms with van der Waals surface area (Å²) >= 11 is 0. The SMILES string of the molecule is COc1cccc(N2CCN(C(=O)CCN3C(=O)[C@@H]4[C@H](C3=O)[C@H]3C=C[C@H]4CC3)CC2)c1. The first-order chi connectivity index (χ1) is 15.1. The number of fused-ring (bicyclic) bond motifs is 1. The van der Waals surface area contributed by atoms with Gasteiger partial charge in [0.1, 0.15) is 5.75 Å². The van der Waals surface area contributed by atoms with Crippen molar-refractivity contribution in [3.63, 3.8) is 0 Å². The van der Waals surface area contributed by atoms with E-state index in [0.29, 0.717) is 13.1 Å². The summed E-state index contributed by atoms with van der Waals surface area (Å²) in [5.41, 5.74) is 1.09. The molecule has 1 saturated carbocycles. The van der Waals surface area contributed by atoms with E-state index in [1.54, 1.807) is 7.11 Å². The highest BCUT2D eigenvalue weighted by Crippen LogP contribution is 2.49. The second-order valence-electron chi connectivity index (χ2n) is 8.99. The molecule has 7 nitrogen and oxygen atoms in total. The number of nitrogens with zero attached hydrogens (tertiary/aromatic N) is 3. The van der Waals surface area contributed by atoms with Gasteiger partial charge in [-0.2, -0.15) is 0 Å². The summed E-state index contributed by atoms with van der Waals surface area (Å²) in [6, 6.07) is 7.94. The third-order valence-corrected chi connectivity index (χ3v) is 7.45. The lowest BCUT2D eigenvalue weighted by Crippen LogP contribution is -2.49. The van der Waals surface area contributed by atoms with Crippen LogP contribution in [-0.2, 0) is 14.4 Å². The maximum atomic E-state index is 12.9. The zero-order valence-electron chi connectivity index (χ0n) is 17.9. The van der Waals surface area contributed by atoms with Crippen molar-refractivity contribution in [2.24, 2.45) is 23.7 Å². The Labute approximate surface area is 182 Å². The van der Waals surface area contributed by atoms with Gasteiger partial charge >= 0.3 is 0 Å². The van der Waals surface area contributed by atoms with Crippen LogP contribution < -0.4 is 9.64 Å². The number of likely N-dealkylation sites (tertiary alicyclic amines) is 1. The van der Waals surface area contributed by atoms with Crippen molar-refractivity contribution >= 4 is 23.4 Å². The number of rotatable bonds is 5. The first kappa shape index (κ1) is 20.1. The second-order valence-corrected chi connectivity index (χ2v) is 8.99. The zero-order valence-corrected chi connectivity index (χ0v) is 17.9. The van der Waals surface area contributed by atoms with Crippen LogP contribution in [0.1, 0.15) is 19.3 Å². The molecule has 2 bridgehead atoms. The van der Waals surface area contributed by atoms with Crippen LogP contribution in [0, 0.1) is 23.7 Å². The standard InChI is InChI=1S/C24H29N3O4/c1-31-19-4-2-3-18(15-19)25-11-13-26(14-12-25)20(28)9-10-27-23(29)21-16-5-6-17(8-7-16)22(21)24(27)30/h2-6,15-17,21-22H,7-14H2,1H3/t16-,17-,21-,22+/m0/s1. The third-order valence-electron chi connectivity index (χ3n) is 7.45. The van der Waals surface area contributed by atoms with Crippen molar-refractivity contribution in [2.75, 3.05) is 44.7 Å². The fourth-order valence-electron chi connectivity index (χ4n) is 5.74. The van der Waals surface area contributed by atoms with Crippen molar-refractivity contribution in [1.29, 1.82) is 0 Å². The smallest absolute Gasteiger partial charge is 0.233 e. The van der Waals surface area contributed by atoms with Gasteiger partial charge in [0.05, 0.1) is 18.9 Å². The minimum absolute atomic E-state index is 0.0156. The van der Waals surface area contributed by atoms with E-state index in [1.807, 2.05) is 29.2 Å². The molecule has 0 unspecified atom stereocenters. The Morgan fingerprint density at radius 2 is 1.65 bits per heavy atom. The number of anilines is 1. The predicted octanol–water partition coefficient (Wildman–Crippen LogP) is 1.93. The summed E-state index contributed by atoms with van der Waals surface area (Å²) in [5, 5.41) is 0. The summed E-state index contributed by atoms with van der Waals surface area (Å²) in [7, 11) is 1.65. The molecule has 7 heteroatoms. The molecule has 0 radical (unpaired) electrons. The Balaban J connectivity index is 1.15. The molecule has 6 rings (SSSR count). The van der Waals surface area contributed by atoms with Gasteiger partial charge in [0, 0.05) is 50.9 Å². The highest BCUT2D eigenvalue weighted by Gasteiger charge is 2.56. The highest BCUT2D eigenvalue weighted by molar-refractivity contribution is 6.06. The normalized spacial score (nSPS) is 29.5. The second kappa shape index (κ2) is 8.02. The summed E-state index contributed by atoms with van der Waals surface area (Å²) in [6.07, 6.45) is 6.43. The van der Waals surface area contributed by atoms with Crippen molar-refractivity contribution in [3.05, 3.63) is 36.4 Å². The Morgan fingerprint density at radius 1 is 1.00 bits per heavy atom. The van der Waals surface area contributed by atoms with Crippen molar-refractivity contribution in [1.82, 2.24) is 9.80 Å². The molecule has 0 aromatic heterocycles. The maximum Gasteiger partial charge on any atom is 0.233 e. The fraction of sp³-hybridized carbons (Fsp3) is 0.542. The molecule has 4 atom stereocenters. The lowest BCUT2D eigenvalue weighted by Gasteiger charge is -2.38. The van der Waals surface area contributed by atoms with Gasteiger partial charge in [-0.1, -0.05) is 18.2 Å². The number of piperazine rings is 1. The first-order valence-corrected chi connectivity index (χ1v) is 11.3. The van der Waals surface area contributed by atoms with E-state index in [2.05, 4.69) is 17.1 Å². The lowest BCUT2D eigenvalue weighted by molar-refractivity contribution is -0.141. The fourth-order valence-corrected chi connectivity index (χ4v) is 5.74. The first-order valence-electron chi connectivity index (χ1n) is 11.3. The zero-order chi connectivity index (χ0) is 21.5. The Morgan fingerprint density at radius 3 is 2.23 bits per heavy atom. The molecule has 1 aromatic rings. The predicted molar refractivity (Wildman–Crippen MR) is 115 cm³/mol. The minimum Gasteiger partial charge on any atom is -0.497 e. The van der Waals surface area contributed by atoms with Gasteiger partial charge in [-0.15, -0.1) is 0 Å². The van der Waals surface area contributed by atoms with Crippen molar-refractivity contribution < 1.29 is 19.1 Å². The van der Waals surface area contributed by atoms with Crippen LogP contribution in [0.3, 0.4) is 0 Å². The molecule has 1 aromatic carbocycles. The number of carbonyl (C=O) groups is 3.